The number of alkyl halides is 3. The zero-order chi connectivity index (χ0) is 11.2. The molecule has 0 heterocycles. The van der Waals surface area contributed by atoms with E-state index in [1.807, 2.05) is 0 Å². The van der Waals surface area contributed by atoms with Gasteiger partial charge in [0.25, 0.3) is 0 Å². The zero-order valence-corrected chi connectivity index (χ0v) is 6.37. The third-order valence-corrected chi connectivity index (χ3v) is 0.600. The summed E-state index contributed by atoms with van der Waals surface area (Å²) in [6.07, 6.45) is -6.31. The lowest BCUT2D eigenvalue weighted by Gasteiger charge is -1.93. The first-order valence-electron chi connectivity index (χ1n) is 2.80. The van der Waals surface area contributed by atoms with Gasteiger partial charge in [-0.1, -0.05) is 0 Å². The summed E-state index contributed by atoms with van der Waals surface area (Å²) in [7, 11) is 0. The van der Waals surface area contributed by atoms with E-state index in [2.05, 4.69) is 0 Å². The summed E-state index contributed by atoms with van der Waals surface area (Å²) in [6.45, 7) is 1.20. The summed E-state index contributed by atoms with van der Waals surface area (Å²) in [6, 6.07) is 0. The van der Waals surface area contributed by atoms with Crippen molar-refractivity contribution in [3.05, 3.63) is 0 Å². The van der Waals surface area contributed by atoms with Crippen LogP contribution < -0.4 is 0 Å². The standard InChI is InChI=1S/C3H6O3.C2HF3O2/c1-2(4)3(5)6;3-2(4,5)1(6)7/h2,4H,1H3,(H,5,6);(H,6,7). The molecule has 0 radical (unpaired) electrons. The molecule has 0 aliphatic carbocycles. The number of carboxylic acids is 2. The van der Waals surface area contributed by atoms with E-state index in [0.717, 1.165) is 0 Å². The molecule has 1 unspecified atom stereocenters. The monoisotopic (exact) mass is 204 g/mol. The van der Waals surface area contributed by atoms with Gasteiger partial charge in [-0.05, 0) is 6.92 Å². The molecular formula is C5H7F3O5. The van der Waals surface area contributed by atoms with E-state index in [1.54, 1.807) is 0 Å². The number of carboxylic acid groups (broad SMARTS) is 2. The third kappa shape index (κ3) is 10.7. The van der Waals surface area contributed by atoms with Crippen LogP contribution in [0.2, 0.25) is 0 Å². The SMILES string of the molecule is CC(O)C(=O)O.O=C(O)C(F)(F)F. The Hall–Kier alpha value is -1.31. The van der Waals surface area contributed by atoms with Crippen LogP contribution in [0.5, 0.6) is 0 Å². The summed E-state index contributed by atoms with van der Waals surface area (Å²) in [5.74, 6) is -3.94. The largest absolute Gasteiger partial charge is 0.490 e. The van der Waals surface area contributed by atoms with E-state index >= 15 is 0 Å². The molecule has 0 aromatic carbocycles. The van der Waals surface area contributed by atoms with E-state index in [1.165, 1.54) is 6.92 Å². The molecule has 0 amide bonds. The number of aliphatic hydroxyl groups excluding tert-OH is 1. The Bertz CT molecular complexity index is 185. The molecule has 5 nitrogen and oxygen atoms in total. The molecule has 0 bridgehead atoms. The maximum absolute atomic E-state index is 10.6. The van der Waals surface area contributed by atoms with Gasteiger partial charge in [0.2, 0.25) is 0 Å². The average Bonchev–Trinajstić information content (AvgIpc) is 1.86. The molecule has 0 spiro atoms. The molecule has 13 heavy (non-hydrogen) atoms. The number of carbonyl (C=O) groups is 2. The van der Waals surface area contributed by atoms with Crippen molar-refractivity contribution in [2.75, 3.05) is 0 Å². The fraction of sp³-hybridized carbons (Fsp3) is 0.600. The van der Waals surface area contributed by atoms with Crippen molar-refractivity contribution < 1.29 is 38.1 Å². The lowest BCUT2D eigenvalue weighted by Crippen LogP contribution is -2.21. The molecule has 0 saturated heterocycles. The van der Waals surface area contributed by atoms with Crippen LogP contribution in [0.3, 0.4) is 0 Å². The topological polar surface area (TPSA) is 94.8 Å². The Balaban J connectivity index is 0. The van der Waals surface area contributed by atoms with Crippen molar-refractivity contribution in [1.29, 1.82) is 0 Å². The second-order valence-electron chi connectivity index (χ2n) is 1.82. The Morgan fingerprint density at radius 1 is 1.23 bits per heavy atom. The number of halogens is 3. The van der Waals surface area contributed by atoms with Gasteiger partial charge in [-0.25, -0.2) is 9.59 Å². The number of aliphatic hydroxyl groups is 1. The van der Waals surface area contributed by atoms with Gasteiger partial charge < -0.3 is 15.3 Å². The minimum atomic E-state index is -5.08. The lowest BCUT2D eigenvalue weighted by molar-refractivity contribution is -0.192. The molecule has 1 atom stereocenters. The van der Waals surface area contributed by atoms with E-state index in [4.69, 9.17) is 20.1 Å². The fourth-order valence-corrected chi connectivity index (χ4v) is 0. The highest BCUT2D eigenvalue weighted by molar-refractivity contribution is 5.73. The molecule has 3 N–H and O–H groups in total. The van der Waals surface area contributed by atoms with Crippen LogP contribution in [0, 0.1) is 0 Å². The number of rotatable bonds is 1. The normalized spacial score (nSPS) is 12.4. The average molecular weight is 204 g/mol. The van der Waals surface area contributed by atoms with Crippen LogP contribution in [-0.2, 0) is 9.59 Å². The van der Waals surface area contributed by atoms with Gasteiger partial charge >= 0.3 is 18.1 Å². The summed E-state index contributed by atoms with van der Waals surface area (Å²) in [4.78, 5) is 18.3. The van der Waals surface area contributed by atoms with Crippen LogP contribution in [-0.4, -0.2) is 39.5 Å². The van der Waals surface area contributed by atoms with Gasteiger partial charge in [0, 0.05) is 0 Å². The minimum Gasteiger partial charge on any atom is -0.479 e. The van der Waals surface area contributed by atoms with E-state index in [9.17, 15) is 18.0 Å². The molecule has 78 valence electrons. The van der Waals surface area contributed by atoms with Gasteiger partial charge in [0.05, 0.1) is 0 Å². The number of aliphatic carboxylic acids is 2. The summed E-state index contributed by atoms with van der Waals surface area (Å²) >= 11 is 0. The second kappa shape index (κ2) is 5.36. The predicted molar refractivity (Wildman–Crippen MR) is 33.0 cm³/mol. The molecule has 0 rings (SSSR count). The molecule has 0 aliphatic rings. The number of hydrogen-bond acceptors (Lipinski definition) is 3. The third-order valence-electron chi connectivity index (χ3n) is 0.600. The summed E-state index contributed by atoms with van der Waals surface area (Å²) in [5.41, 5.74) is 0. The van der Waals surface area contributed by atoms with Gasteiger partial charge in [-0.15, -0.1) is 0 Å². The van der Waals surface area contributed by atoms with Crippen molar-refractivity contribution in [3.8, 4) is 0 Å². The first kappa shape index (κ1) is 14.2. The zero-order valence-electron chi connectivity index (χ0n) is 6.37. The molecule has 0 fully saturated rings. The number of hydrogen-bond donors (Lipinski definition) is 3. The summed E-state index contributed by atoms with van der Waals surface area (Å²) in [5, 5.41) is 22.9. The summed E-state index contributed by atoms with van der Waals surface area (Å²) < 4.78 is 31.7. The Morgan fingerprint density at radius 2 is 1.38 bits per heavy atom. The van der Waals surface area contributed by atoms with Gasteiger partial charge in [-0.3, -0.25) is 0 Å². The highest BCUT2D eigenvalue weighted by atomic mass is 19.4. The predicted octanol–water partition coefficient (Wildman–Crippen LogP) is 0.0851. The van der Waals surface area contributed by atoms with Crippen molar-refractivity contribution in [2.24, 2.45) is 0 Å². The highest BCUT2D eigenvalue weighted by Gasteiger charge is 2.38. The quantitative estimate of drug-likeness (QED) is 0.562. The first-order chi connectivity index (χ1) is 5.59. The second-order valence-corrected chi connectivity index (χ2v) is 1.82. The minimum absolute atomic E-state index is 1.19. The highest BCUT2D eigenvalue weighted by Crippen LogP contribution is 2.13. The van der Waals surface area contributed by atoms with Crippen LogP contribution in [0.25, 0.3) is 0 Å². The van der Waals surface area contributed by atoms with Gasteiger partial charge in [-0.2, -0.15) is 13.2 Å². The smallest absolute Gasteiger partial charge is 0.479 e. The van der Waals surface area contributed by atoms with Crippen LogP contribution in [0.4, 0.5) is 13.2 Å². The molecule has 0 aliphatic heterocycles. The molecule has 0 saturated carbocycles. The van der Waals surface area contributed by atoms with Gasteiger partial charge in [0.15, 0.2) is 0 Å². The first-order valence-corrected chi connectivity index (χ1v) is 2.80. The van der Waals surface area contributed by atoms with Crippen molar-refractivity contribution in [2.45, 2.75) is 19.2 Å². The Kier molecular flexibility index (Phi) is 5.86. The van der Waals surface area contributed by atoms with Crippen LogP contribution in [0.1, 0.15) is 6.92 Å². The van der Waals surface area contributed by atoms with Crippen molar-refractivity contribution >= 4 is 11.9 Å². The molecule has 0 aromatic heterocycles. The van der Waals surface area contributed by atoms with E-state index in [-0.39, 0.29) is 0 Å². The van der Waals surface area contributed by atoms with Crippen LogP contribution in [0.15, 0.2) is 0 Å². The molecule has 8 heteroatoms. The maximum Gasteiger partial charge on any atom is 0.490 e. The van der Waals surface area contributed by atoms with E-state index in [0.29, 0.717) is 0 Å². The van der Waals surface area contributed by atoms with E-state index < -0.39 is 24.2 Å². The molecular weight excluding hydrogens is 197 g/mol. The van der Waals surface area contributed by atoms with Crippen LogP contribution >= 0.6 is 0 Å². The maximum atomic E-state index is 10.6. The van der Waals surface area contributed by atoms with Crippen molar-refractivity contribution in [1.82, 2.24) is 0 Å². The lowest BCUT2D eigenvalue weighted by atomic mass is 10.4. The van der Waals surface area contributed by atoms with Gasteiger partial charge in [0.1, 0.15) is 6.10 Å². The fourth-order valence-electron chi connectivity index (χ4n) is 0. The van der Waals surface area contributed by atoms with Crippen molar-refractivity contribution in [3.63, 3.8) is 0 Å². The Labute approximate surface area is 70.4 Å². The molecule has 0 aromatic rings. The Morgan fingerprint density at radius 3 is 1.38 bits per heavy atom.